The van der Waals surface area contributed by atoms with Gasteiger partial charge in [0.2, 0.25) is 17.7 Å². The number of nitrogens with two attached hydrogens (primary N) is 1. The number of hydrogen-bond acceptors (Lipinski definition) is 8. The molecule has 0 bridgehead atoms. The van der Waals surface area contributed by atoms with Gasteiger partial charge in [-0.1, -0.05) is 50.1 Å². The van der Waals surface area contributed by atoms with Gasteiger partial charge < -0.3 is 41.7 Å². The molecule has 57 heavy (non-hydrogen) atoms. The van der Waals surface area contributed by atoms with E-state index in [0.717, 1.165) is 12.0 Å². The van der Waals surface area contributed by atoms with Crippen LogP contribution in [-0.2, 0) is 40.0 Å². The van der Waals surface area contributed by atoms with E-state index >= 15 is 0 Å². The summed E-state index contributed by atoms with van der Waals surface area (Å²) in [7, 11) is 0. The van der Waals surface area contributed by atoms with E-state index in [4.69, 9.17) is 35.4 Å². The molecule has 15 nitrogen and oxygen atoms in total. The van der Waals surface area contributed by atoms with E-state index in [0.29, 0.717) is 38.8 Å². The van der Waals surface area contributed by atoms with Crippen molar-refractivity contribution in [3.8, 4) is 0 Å². The second kappa shape index (κ2) is 25.8. The van der Waals surface area contributed by atoms with Crippen LogP contribution in [0.25, 0.3) is 0 Å². The number of carbonyl (C=O) groups excluding carboxylic acids is 3. The highest BCUT2D eigenvalue weighted by molar-refractivity contribution is 5.93. The first-order valence-electron chi connectivity index (χ1n) is 16.5. The van der Waals surface area contributed by atoms with Crippen molar-refractivity contribution >= 4 is 41.6 Å². The number of piperidine rings is 1. The fourth-order valence-corrected chi connectivity index (χ4v) is 4.29. The molecule has 0 aliphatic carbocycles. The zero-order chi connectivity index (χ0) is 44.7. The Morgan fingerprint density at radius 3 is 1.49 bits per heavy atom. The topological polar surface area (TPSA) is 254 Å². The Balaban J connectivity index is 0. The minimum Gasteiger partial charge on any atom is -0.481 e. The molecular weight excluding hydrogens is 806 g/mol. The molecule has 0 spiro atoms. The van der Waals surface area contributed by atoms with Gasteiger partial charge in [-0.25, -0.2) is 14.4 Å². The van der Waals surface area contributed by atoms with Gasteiger partial charge in [-0.05, 0) is 44.1 Å². The third-order valence-corrected chi connectivity index (χ3v) is 7.24. The van der Waals surface area contributed by atoms with Crippen LogP contribution in [0.3, 0.4) is 0 Å². The number of carboxylic acid groups (broad SMARTS) is 4. The number of nitrogens with one attached hydrogen (secondary N) is 2. The Morgan fingerprint density at radius 1 is 0.719 bits per heavy atom. The van der Waals surface area contributed by atoms with E-state index in [1.807, 2.05) is 37.3 Å². The number of hydrogen-bond donors (Lipinski definition) is 7. The molecule has 0 aromatic heterocycles. The van der Waals surface area contributed by atoms with E-state index < -0.39 is 84.9 Å². The highest BCUT2D eigenvalue weighted by Gasteiger charge is 2.39. The van der Waals surface area contributed by atoms with Crippen LogP contribution in [0.15, 0.2) is 30.3 Å². The standard InChI is InChI=1S/C26H39FN4O5.3C2HF3O2/c1-2-3-10-22(25(34)31-15-12-19(13-16-31)26(35)36)30-24(33)21(11-7-14-27)29-23(32)20(28)17-18-8-5-4-6-9-18;3*3-2(4,5)1(6)7/h4-6,8-9,19-22H,2-3,7,10-17,28H2,1H3,(H,29,32)(H,30,33)(H,35,36);3*(H,6,7)/t20-,21-,22?;;;/m1.../s1. The minimum atomic E-state index is -5.08. The maximum atomic E-state index is 13.2. The molecule has 1 heterocycles. The minimum absolute atomic E-state index is 0.0720. The van der Waals surface area contributed by atoms with Gasteiger partial charge in [0.25, 0.3) is 0 Å². The smallest absolute Gasteiger partial charge is 0.481 e. The highest BCUT2D eigenvalue weighted by Crippen LogP contribution is 2.19. The molecule has 1 aliphatic heterocycles. The zero-order valence-corrected chi connectivity index (χ0v) is 29.9. The third kappa shape index (κ3) is 24.1. The van der Waals surface area contributed by atoms with Gasteiger partial charge in [-0.3, -0.25) is 23.6 Å². The first-order valence-corrected chi connectivity index (χ1v) is 16.5. The van der Waals surface area contributed by atoms with Crippen LogP contribution < -0.4 is 16.4 Å². The van der Waals surface area contributed by atoms with E-state index in [1.165, 1.54) is 0 Å². The monoisotopic (exact) mass is 848 g/mol. The highest BCUT2D eigenvalue weighted by atomic mass is 19.4. The lowest BCUT2D eigenvalue weighted by atomic mass is 9.96. The summed E-state index contributed by atoms with van der Waals surface area (Å²) < 4.78 is 108. The molecular formula is C32H42F10N4O11. The van der Waals surface area contributed by atoms with Crippen molar-refractivity contribution in [1.29, 1.82) is 0 Å². The number of alkyl halides is 10. The molecule has 3 amide bonds. The van der Waals surface area contributed by atoms with Crippen LogP contribution in [0.1, 0.15) is 57.4 Å². The van der Waals surface area contributed by atoms with Crippen molar-refractivity contribution in [2.75, 3.05) is 19.8 Å². The number of carbonyl (C=O) groups is 7. The summed E-state index contributed by atoms with van der Waals surface area (Å²) in [5.74, 6) is -11.0. The number of carboxylic acids is 4. The summed E-state index contributed by atoms with van der Waals surface area (Å²) in [5, 5.41) is 36.0. The molecule has 1 aliphatic rings. The van der Waals surface area contributed by atoms with Gasteiger partial charge in [0, 0.05) is 13.1 Å². The van der Waals surface area contributed by atoms with Crippen molar-refractivity contribution < 1.29 is 97.9 Å². The predicted octanol–water partition coefficient (Wildman–Crippen LogP) is 3.69. The number of benzene rings is 1. The summed E-state index contributed by atoms with van der Waals surface area (Å²) in [5.41, 5.74) is 6.93. The number of likely N-dealkylation sites (tertiary alicyclic amines) is 1. The molecule has 2 rings (SSSR count). The number of rotatable bonds is 14. The molecule has 8 N–H and O–H groups in total. The molecule has 3 atom stereocenters. The fourth-order valence-electron chi connectivity index (χ4n) is 4.29. The summed E-state index contributed by atoms with van der Waals surface area (Å²) in [6.07, 6.45) is -12.2. The van der Waals surface area contributed by atoms with E-state index in [-0.39, 0.29) is 25.2 Å². The second-order valence-electron chi connectivity index (χ2n) is 11.7. The van der Waals surface area contributed by atoms with Crippen molar-refractivity contribution in [2.24, 2.45) is 11.7 Å². The van der Waals surface area contributed by atoms with Crippen LogP contribution in [0.5, 0.6) is 0 Å². The van der Waals surface area contributed by atoms with Gasteiger partial charge in [0.1, 0.15) is 12.1 Å². The maximum Gasteiger partial charge on any atom is 0.490 e. The number of unbranched alkanes of at least 4 members (excludes halogenated alkanes) is 1. The van der Waals surface area contributed by atoms with Crippen molar-refractivity contribution in [1.82, 2.24) is 15.5 Å². The number of amides is 3. The van der Waals surface area contributed by atoms with E-state index in [1.54, 1.807) is 4.90 Å². The Morgan fingerprint density at radius 2 is 1.12 bits per heavy atom. The Bertz CT molecular complexity index is 1380. The lowest BCUT2D eigenvalue weighted by molar-refractivity contribution is -0.193. The van der Waals surface area contributed by atoms with Crippen LogP contribution in [0, 0.1) is 5.92 Å². The molecule has 1 aromatic carbocycles. The van der Waals surface area contributed by atoms with Crippen molar-refractivity contribution in [3.05, 3.63) is 35.9 Å². The van der Waals surface area contributed by atoms with E-state index in [2.05, 4.69) is 10.6 Å². The van der Waals surface area contributed by atoms with Gasteiger partial charge in [0.05, 0.1) is 18.6 Å². The lowest BCUT2D eigenvalue weighted by Gasteiger charge is -2.33. The Hall–Kier alpha value is -5.23. The Kier molecular flexibility index (Phi) is 24.4. The average molecular weight is 849 g/mol. The van der Waals surface area contributed by atoms with Crippen molar-refractivity contribution in [2.45, 2.75) is 94.9 Å². The van der Waals surface area contributed by atoms with E-state index in [9.17, 15) is 68.2 Å². The predicted molar refractivity (Wildman–Crippen MR) is 175 cm³/mol. The quantitative estimate of drug-likeness (QED) is 0.132. The second-order valence-corrected chi connectivity index (χ2v) is 11.7. The van der Waals surface area contributed by atoms with Gasteiger partial charge >= 0.3 is 42.4 Å². The molecule has 1 fully saturated rings. The first-order chi connectivity index (χ1) is 26.1. The molecule has 326 valence electrons. The van der Waals surface area contributed by atoms with Crippen LogP contribution in [0.2, 0.25) is 0 Å². The molecule has 0 saturated carbocycles. The van der Waals surface area contributed by atoms with Gasteiger partial charge in [-0.2, -0.15) is 39.5 Å². The number of halogens is 10. The van der Waals surface area contributed by atoms with Crippen LogP contribution >= 0.6 is 0 Å². The fraction of sp³-hybridized carbons (Fsp3) is 0.594. The van der Waals surface area contributed by atoms with Gasteiger partial charge in [0.15, 0.2) is 0 Å². The molecule has 1 aromatic rings. The average Bonchev–Trinajstić information content (AvgIpc) is 3.11. The van der Waals surface area contributed by atoms with Gasteiger partial charge in [-0.15, -0.1) is 0 Å². The SMILES string of the molecule is CCCCC(NC(=O)[C@@H](CCCF)NC(=O)[C@H](N)Cc1ccccc1)C(=O)N1CCC(C(=O)O)CC1.O=C(O)C(F)(F)F.O=C(O)C(F)(F)F.O=C(O)C(F)(F)F. The lowest BCUT2D eigenvalue weighted by Crippen LogP contribution is -2.57. The summed E-state index contributed by atoms with van der Waals surface area (Å²) in [6.45, 7) is 1.95. The molecule has 1 unspecified atom stereocenters. The summed E-state index contributed by atoms with van der Waals surface area (Å²) in [6, 6.07) is 6.53. The first kappa shape index (κ1) is 53.9. The molecule has 25 heteroatoms. The molecule has 1 saturated heterocycles. The summed E-state index contributed by atoms with van der Waals surface area (Å²) in [4.78, 5) is 78.5. The molecule has 0 radical (unpaired) electrons. The Labute approximate surface area is 317 Å². The van der Waals surface area contributed by atoms with Crippen LogP contribution in [0.4, 0.5) is 43.9 Å². The van der Waals surface area contributed by atoms with Crippen LogP contribution in [-0.4, -0.2) is 123 Å². The zero-order valence-electron chi connectivity index (χ0n) is 29.9. The normalized spacial score (nSPS) is 14.6. The third-order valence-electron chi connectivity index (χ3n) is 7.24. The van der Waals surface area contributed by atoms with Crippen molar-refractivity contribution in [3.63, 3.8) is 0 Å². The number of aliphatic carboxylic acids is 4. The largest absolute Gasteiger partial charge is 0.490 e. The number of nitrogens with zero attached hydrogens (tertiary/aromatic N) is 1. The summed E-state index contributed by atoms with van der Waals surface area (Å²) >= 11 is 0. The maximum absolute atomic E-state index is 13.2.